The van der Waals surface area contributed by atoms with E-state index in [4.69, 9.17) is 10.5 Å². The molecule has 0 atom stereocenters. The van der Waals surface area contributed by atoms with E-state index in [1.165, 1.54) is 12.3 Å². The average Bonchev–Trinajstić information content (AvgIpc) is 3.18. The number of piperidine rings is 1. The molecule has 1 saturated heterocycles. The number of hydrogen-bond acceptors (Lipinski definition) is 6. The van der Waals surface area contributed by atoms with E-state index >= 15 is 0 Å². The summed E-state index contributed by atoms with van der Waals surface area (Å²) in [6, 6.07) is 10.0. The molecule has 4 rings (SSSR count). The van der Waals surface area contributed by atoms with Crippen LogP contribution in [0.3, 0.4) is 0 Å². The van der Waals surface area contributed by atoms with Crippen LogP contribution in [-0.2, 0) is 9.53 Å². The Kier molecular flexibility index (Phi) is 7.19. The smallest absolute Gasteiger partial charge is 0.309 e. The van der Waals surface area contributed by atoms with Gasteiger partial charge in [0.1, 0.15) is 11.6 Å². The van der Waals surface area contributed by atoms with E-state index in [-0.39, 0.29) is 24.1 Å². The first-order chi connectivity index (χ1) is 17.2. The molecule has 36 heavy (non-hydrogen) atoms. The van der Waals surface area contributed by atoms with Crippen LogP contribution in [0.2, 0.25) is 0 Å². The van der Waals surface area contributed by atoms with Crippen LogP contribution in [0.1, 0.15) is 50.5 Å². The van der Waals surface area contributed by atoms with Gasteiger partial charge in [0.25, 0.3) is 0 Å². The molecular formula is C27H29FN4O4. The maximum Gasteiger partial charge on any atom is 0.309 e. The van der Waals surface area contributed by atoms with Crippen molar-refractivity contribution in [3.05, 3.63) is 76.5 Å². The number of primary amides is 1. The van der Waals surface area contributed by atoms with E-state index in [2.05, 4.69) is 4.98 Å². The Hall–Kier alpha value is -4.01. The molecular weight excluding hydrogens is 463 g/mol. The van der Waals surface area contributed by atoms with E-state index in [0.717, 1.165) is 5.69 Å². The number of nitrogens with two attached hydrogens (primary N) is 1. The number of hydrogen-bond donors (Lipinski definition) is 1. The van der Waals surface area contributed by atoms with Crippen molar-refractivity contribution in [1.82, 2.24) is 9.55 Å². The number of amides is 1. The molecule has 1 aliphatic heterocycles. The predicted molar refractivity (Wildman–Crippen MR) is 133 cm³/mol. The number of ether oxygens (including phenoxy) is 1. The molecule has 0 radical (unpaired) electrons. The van der Waals surface area contributed by atoms with Crippen LogP contribution in [0.4, 0.5) is 10.2 Å². The van der Waals surface area contributed by atoms with Gasteiger partial charge in [-0.1, -0.05) is 6.07 Å². The summed E-state index contributed by atoms with van der Waals surface area (Å²) >= 11 is 0. The zero-order valence-electron chi connectivity index (χ0n) is 20.6. The zero-order chi connectivity index (χ0) is 26.0. The van der Waals surface area contributed by atoms with Gasteiger partial charge >= 0.3 is 5.97 Å². The molecule has 3 heterocycles. The lowest BCUT2D eigenvalue weighted by Gasteiger charge is -2.31. The number of esters is 1. The average molecular weight is 493 g/mol. The first-order valence-electron chi connectivity index (χ1n) is 11.8. The van der Waals surface area contributed by atoms with E-state index in [1.807, 2.05) is 16.4 Å². The molecule has 1 aliphatic rings. The van der Waals surface area contributed by atoms with Gasteiger partial charge < -0.3 is 19.9 Å². The highest BCUT2D eigenvalue weighted by atomic mass is 19.1. The molecule has 0 aliphatic carbocycles. The second kappa shape index (κ2) is 10.3. The highest BCUT2D eigenvalue weighted by Gasteiger charge is 2.28. The second-order valence-corrected chi connectivity index (χ2v) is 9.12. The molecule has 1 fully saturated rings. The summed E-state index contributed by atoms with van der Waals surface area (Å²) in [5, 5.41) is 0. The molecule has 3 aromatic rings. The van der Waals surface area contributed by atoms with E-state index in [9.17, 15) is 18.8 Å². The lowest BCUT2D eigenvalue weighted by atomic mass is 9.97. The van der Waals surface area contributed by atoms with E-state index in [0.29, 0.717) is 59.8 Å². The number of pyridine rings is 1. The van der Waals surface area contributed by atoms with Crippen molar-refractivity contribution in [3.8, 4) is 5.69 Å². The van der Waals surface area contributed by atoms with Gasteiger partial charge in [0.2, 0.25) is 11.7 Å². The molecule has 2 aromatic heterocycles. The van der Waals surface area contributed by atoms with E-state index < -0.39 is 11.9 Å². The minimum atomic E-state index is -0.531. The Labute approximate surface area is 208 Å². The maximum absolute atomic E-state index is 14.1. The molecule has 1 amide bonds. The molecule has 188 valence electrons. The van der Waals surface area contributed by atoms with Crippen LogP contribution in [0.25, 0.3) is 5.69 Å². The largest absolute Gasteiger partial charge is 0.457 e. The number of nitrogens with zero attached hydrogens (tertiary/aromatic N) is 3. The van der Waals surface area contributed by atoms with Gasteiger partial charge in [-0.2, -0.15) is 0 Å². The number of aromatic nitrogens is 2. The van der Waals surface area contributed by atoms with Crippen LogP contribution >= 0.6 is 0 Å². The first kappa shape index (κ1) is 25.1. The Balaban J connectivity index is 1.34. The SMILES string of the molecule is Cc1ccc(-n2c(C)cc(C(=O)COC(=O)C3CCN(c4ccc(C(N)=O)cn4)CC3)c2C)cc1F. The summed E-state index contributed by atoms with van der Waals surface area (Å²) in [5.74, 6) is -1.13. The lowest BCUT2D eigenvalue weighted by Crippen LogP contribution is -2.37. The molecule has 0 spiro atoms. The number of Topliss-reactive ketones (excluding diaryl/α,β-unsaturated/α-hetero) is 1. The van der Waals surface area contributed by atoms with Crippen molar-refractivity contribution in [2.75, 3.05) is 24.6 Å². The van der Waals surface area contributed by atoms with Gasteiger partial charge in [-0.05, 0) is 69.5 Å². The topological polar surface area (TPSA) is 108 Å². The number of rotatable bonds is 7. The molecule has 0 saturated carbocycles. The Morgan fingerprint density at radius 3 is 2.42 bits per heavy atom. The minimum Gasteiger partial charge on any atom is -0.457 e. The molecule has 2 N–H and O–H groups in total. The zero-order valence-corrected chi connectivity index (χ0v) is 20.6. The van der Waals surface area contributed by atoms with Gasteiger partial charge in [0, 0.05) is 41.9 Å². The molecule has 1 aromatic carbocycles. The third-order valence-electron chi connectivity index (χ3n) is 6.68. The van der Waals surface area contributed by atoms with Gasteiger partial charge in [0.15, 0.2) is 6.61 Å². The summed E-state index contributed by atoms with van der Waals surface area (Å²) in [6.45, 7) is 6.19. The minimum absolute atomic E-state index is 0.300. The fourth-order valence-corrected chi connectivity index (χ4v) is 4.56. The Morgan fingerprint density at radius 2 is 1.81 bits per heavy atom. The Bertz CT molecular complexity index is 1310. The fraction of sp³-hybridized carbons (Fsp3) is 0.333. The summed E-state index contributed by atoms with van der Waals surface area (Å²) in [4.78, 5) is 43.0. The number of benzene rings is 1. The third kappa shape index (κ3) is 5.15. The third-order valence-corrected chi connectivity index (χ3v) is 6.68. The number of carbonyl (C=O) groups is 3. The van der Waals surface area contributed by atoms with Gasteiger partial charge in [-0.15, -0.1) is 0 Å². The van der Waals surface area contributed by atoms with Crippen LogP contribution in [-0.4, -0.2) is 46.9 Å². The Morgan fingerprint density at radius 1 is 1.08 bits per heavy atom. The molecule has 8 nitrogen and oxygen atoms in total. The normalized spacial score (nSPS) is 14.1. The van der Waals surface area contributed by atoms with Crippen molar-refractivity contribution >= 4 is 23.5 Å². The quantitative estimate of drug-likeness (QED) is 0.398. The van der Waals surface area contributed by atoms with Crippen LogP contribution in [0.15, 0.2) is 42.6 Å². The fourth-order valence-electron chi connectivity index (χ4n) is 4.56. The van der Waals surface area contributed by atoms with E-state index in [1.54, 1.807) is 44.2 Å². The molecule has 0 unspecified atom stereocenters. The highest BCUT2D eigenvalue weighted by molar-refractivity contribution is 5.99. The number of halogens is 1. The number of carbonyl (C=O) groups excluding carboxylic acids is 3. The first-order valence-corrected chi connectivity index (χ1v) is 11.8. The number of anilines is 1. The molecule has 9 heteroatoms. The predicted octanol–water partition coefficient (Wildman–Crippen LogP) is 3.68. The second-order valence-electron chi connectivity index (χ2n) is 9.12. The van der Waals surface area contributed by atoms with Gasteiger partial charge in [-0.25, -0.2) is 9.37 Å². The standard InChI is InChI=1S/C27H29FN4O4/c1-16-4-6-21(13-23(16)28)32-17(2)12-22(18(32)3)24(33)15-36-27(35)19-8-10-31(11-9-19)25-7-5-20(14-30-25)26(29)34/h4-7,12-14,19H,8-11,15H2,1-3H3,(H2,29,34). The molecule has 0 bridgehead atoms. The van der Waals surface area contributed by atoms with Crippen molar-refractivity contribution in [3.63, 3.8) is 0 Å². The van der Waals surface area contributed by atoms with Crippen molar-refractivity contribution in [2.24, 2.45) is 11.7 Å². The summed E-state index contributed by atoms with van der Waals surface area (Å²) in [6.07, 6.45) is 2.58. The number of aryl methyl sites for hydroxylation is 2. The summed E-state index contributed by atoms with van der Waals surface area (Å²) in [7, 11) is 0. The number of ketones is 1. The summed E-state index contributed by atoms with van der Waals surface area (Å²) in [5.41, 5.74) is 8.68. The van der Waals surface area contributed by atoms with Gasteiger partial charge in [0.05, 0.1) is 11.5 Å². The van der Waals surface area contributed by atoms with Crippen LogP contribution in [0.5, 0.6) is 0 Å². The van der Waals surface area contributed by atoms with Crippen molar-refractivity contribution in [1.29, 1.82) is 0 Å². The van der Waals surface area contributed by atoms with Gasteiger partial charge in [-0.3, -0.25) is 14.4 Å². The van der Waals surface area contributed by atoms with Crippen molar-refractivity contribution in [2.45, 2.75) is 33.6 Å². The van der Waals surface area contributed by atoms with Crippen LogP contribution in [0, 0.1) is 32.5 Å². The maximum atomic E-state index is 14.1. The van der Waals surface area contributed by atoms with Crippen LogP contribution < -0.4 is 10.6 Å². The van der Waals surface area contributed by atoms with Crippen molar-refractivity contribution < 1.29 is 23.5 Å². The summed E-state index contributed by atoms with van der Waals surface area (Å²) < 4.78 is 21.3. The lowest BCUT2D eigenvalue weighted by molar-refractivity contribution is -0.148. The monoisotopic (exact) mass is 492 g/mol. The highest BCUT2D eigenvalue weighted by Crippen LogP contribution is 2.25.